The summed E-state index contributed by atoms with van der Waals surface area (Å²) in [6, 6.07) is 2.39. The number of fused-ring (bicyclic) bond motifs is 1. The van der Waals surface area contributed by atoms with E-state index in [1.54, 1.807) is 13.8 Å². The van der Waals surface area contributed by atoms with Gasteiger partial charge in [-0.25, -0.2) is 14.8 Å². The molecule has 0 bridgehead atoms. The van der Waals surface area contributed by atoms with Gasteiger partial charge < -0.3 is 24.3 Å². The molecule has 0 aliphatic carbocycles. The summed E-state index contributed by atoms with van der Waals surface area (Å²) >= 11 is 0. The topological polar surface area (TPSA) is 103 Å². The minimum atomic E-state index is -5.11. The number of carbonyl (C=O) groups is 2. The number of nitrogens with one attached hydrogen (secondary N) is 1. The highest BCUT2D eigenvalue weighted by atomic mass is 19.4. The molecule has 0 spiro atoms. The van der Waals surface area contributed by atoms with Crippen molar-refractivity contribution in [1.29, 1.82) is 0 Å². The van der Waals surface area contributed by atoms with Gasteiger partial charge in [0.15, 0.2) is 5.75 Å². The number of halogens is 9. The van der Waals surface area contributed by atoms with Crippen LogP contribution in [-0.2, 0) is 39.2 Å². The van der Waals surface area contributed by atoms with Crippen molar-refractivity contribution in [1.82, 2.24) is 9.97 Å². The first-order valence-corrected chi connectivity index (χ1v) is 15.2. The van der Waals surface area contributed by atoms with Crippen molar-refractivity contribution in [3.8, 4) is 5.75 Å². The number of carbonyl (C=O) groups excluding carboxylic acids is 2. The van der Waals surface area contributed by atoms with Crippen LogP contribution in [0.4, 0.5) is 55.9 Å². The molecular weight excluding hydrogens is 691 g/mol. The van der Waals surface area contributed by atoms with Gasteiger partial charge in [0.2, 0.25) is 5.95 Å². The van der Waals surface area contributed by atoms with Crippen molar-refractivity contribution in [3.63, 3.8) is 0 Å². The molecule has 3 aromatic rings. The minimum absolute atomic E-state index is 0.00794. The van der Waals surface area contributed by atoms with Crippen LogP contribution in [0, 0.1) is 0 Å². The van der Waals surface area contributed by atoms with Crippen LogP contribution in [-0.4, -0.2) is 54.8 Å². The predicted molar refractivity (Wildman–Crippen MR) is 160 cm³/mol. The number of hydrogen-bond acceptors (Lipinski definition) is 8. The zero-order valence-corrected chi connectivity index (χ0v) is 26.5. The molecule has 2 heterocycles. The number of nitrogens with zero attached hydrogens (tertiary/aromatic N) is 3. The molecule has 18 heteroatoms. The molecule has 1 N–H and O–H groups in total. The first kappa shape index (κ1) is 38.2. The monoisotopic (exact) mass is 722 g/mol. The molecule has 1 aromatic heterocycles. The third kappa shape index (κ3) is 9.34. The first-order chi connectivity index (χ1) is 23.5. The van der Waals surface area contributed by atoms with Crippen molar-refractivity contribution in [2.24, 2.45) is 0 Å². The summed E-state index contributed by atoms with van der Waals surface area (Å²) in [4.78, 5) is 33.1. The van der Waals surface area contributed by atoms with Gasteiger partial charge in [-0.3, -0.25) is 4.90 Å². The molecule has 272 valence electrons. The van der Waals surface area contributed by atoms with E-state index in [2.05, 4.69) is 15.3 Å². The van der Waals surface area contributed by atoms with E-state index in [-0.39, 0.29) is 67.6 Å². The summed E-state index contributed by atoms with van der Waals surface area (Å²) in [7, 11) is 0. The molecule has 1 amide bonds. The molecule has 2 aromatic carbocycles. The molecule has 0 fully saturated rings. The molecule has 0 radical (unpaired) electrons. The normalized spacial score (nSPS) is 16.5. The van der Waals surface area contributed by atoms with E-state index in [1.807, 2.05) is 0 Å². The van der Waals surface area contributed by atoms with Gasteiger partial charge in [0.1, 0.15) is 19.5 Å². The fourth-order valence-electron chi connectivity index (χ4n) is 5.39. The lowest BCUT2D eigenvalue weighted by atomic mass is 9.89. The second-order valence-electron chi connectivity index (χ2n) is 11.0. The van der Waals surface area contributed by atoms with Crippen molar-refractivity contribution >= 4 is 24.0 Å². The number of amides is 1. The molecule has 0 unspecified atom stereocenters. The largest absolute Gasteiger partial charge is 0.488 e. The van der Waals surface area contributed by atoms with Crippen LogP contribution < -0.4 is 15.0 Å². The van der Waals surface area contributed by atoms with Crippen LogP contribution in [0.15, 0.2) is 42.6 Å². The molecule has 2 atom stereocenters. The van der Waals surface area contributed by atoms with E-state index in [0.717, 1.165) is 24.4 Å². The Morgan fingerprint density at radius 3 is 2.18 bits per heavy atom. The molecular formula is C32H31F9N4O5. The summed E-state index contributed by atoms with van der Waals surface area (Å²) < 4.78 is 139. The van der Waals surface area contributed by atoms with Gasteiger partial charge in [-0.2, -0.15) is 39.5 Å². The van der Waals surface area contributed by atoms with Gasteiger partial charge in [0.25, 0.3) is 0 Å². The summed E-state index contributed by atoms with van der Waals surface area (Å²) in [5, 5.41) is 2.93. The number of anilines is 2. The second kappa shape index (κ2) is 15.5. The van der Waals surface area contributed by atoms with E-state index in [4.69, 9.17) is 14.2 Å². The van der Waals surface area contributed by atoms with Crippen molar-refractivity contribution in [2.45, 2.75) is 63.7 Å². The average Bonchev–Trinajstić information content (AvgIpc) is 3.03. The Morgan fingerprint density at radius 2 is 1.60 bits per heavy atom. The summed E-state index contributed by atoms with van der Waals surface area (Å²) in [5.74, 6) is -0.375. The Balaban J connectivity index is 1.77. The second-order valence-corrected chi connectivity index (χ2v) is 11.0. The smallest absolute Gasteiger partial charge is 0.416 e. The minimum Gasteiger partial charge on any atom is -0.488 e. The number of benzene rings is 2. The van der Waals surface area contributed by atoms with Gasteiger partial charge in [-0.15, -0.1) is 0 Å². The Bertz CT molecular complexity index is 1630. The number of aldehydes is 1. The van der Waals surface area contributed by atoms with E-state index in [9.17, 15) is 49.1 Å². The van der Waals surface area contributed by atoms with Gasteiger partial charge in [0.05, 0.1) is 53.5 Å². The zero-order valence-electron chi connectivity index (χ0n) is 26.5. The fourth-order valence-corrected chi connectivity index (χ4v) is 5.39. The predicted octanol–water partition coefficient (Wildman–Crippen LogP) is 8.02. The highest BCUT2D eigenvalue weighted by molar-refractivity contribution is 5.90. The lowest BCUT2D eigenvalue weighted by molar-refractivity contribution is -0.143. The average molecular weight is 723 g/mol. The SMILES string of the molecule is CCOC(=O)N1c2ccc(C(F)(F)F)cc2[C@@H](Nc2ncc(OCCOCC=O)c(Cc3cc(C(F)(F)F)cc(C(F)(F)F)c3)n2)C[C@H]1CC. The number of rotatable bonds is 12. The Labute approximate surface area is 279 Å². The third-order valence-electron chi connectivity index (χ3n) is 7.62. The van der Waals surface area contributed by atoms with E-state index >= 15 is 0 Å². The molecule has 4 rings (SSSR count). The van der Waals surface area contributed by atoms with Gasteiger partial charge in [0, 0.05) is 12.5 Å². The van der Waals surface area contributed by atoms with Gasteiger partial charge in [-0.1, -0.05) is 6.92 Å². The summed E-state index contributed by atoms with van der Waals surface area (Å²) in [6.45, 7) is 2.76. The molecule has 0 saturated heterocycles. The Morgan fingerprint density at radius 1 is 0.940 bits per heavy atom. The van der Waals surface area contributed by atoms with E-state index < -0.39 is 65.4 Å². The molecule has 1 aliphatic rings. The number of hydrogen-bond donors (Lipinski definition) is 1. The standard InChI is InChI=1S/C32H31F9N4O5/c1-3-22-16-24(23-15-19(30(33,34)35)5-6-26(23)45(22)29(47)49-4-2)43-28-42-17-27(50-10-9-48-8-7-46)25(44-28)13-18-11-20(31(36,37)38)14-21(12-18)32(39,40)41/h5-7,11-12,14-15,17,22,24H,3-4,8-10,13,16H2,1-2H3,(H,42,43,44)/t22-,24+/m1/s1. The molecule has 1 aliphatic heterocycles. The fraction of sp³-hybridized carbons (Fsp3) is 0.438. The van der Waals surface area contributed by atoms with Crippen molar-refractivity contribution in [2.75, 3.05) is 36.6 Å². The van der Waals surface area contributed by atoms with Crippen molar-refractivity contribution < 1.29 is 63.3 Å². The van der Waals surface area contributed by atoms with E-state index in [1.165, 1.54) is 4.90 Å². The maximum atomic E-state index is 13.8. The number of alkyl halides is 9. The van der Waals surface area contributed by atoms with E-state index in [0.29, 0.717) is 24.8 Å². The van der Waals surface area contributed by atoms with Crippen LogP contribution in [0.25, 0.3) is 0 Å². The van der Waals surface area contributed by atoms with Crippen molar-refractivity contribution in [3.05, 3.63) is 76.1 Å². The third-order valence-corrected chi connectivity index (χ3v) is 7.62. The summed E-state index contributed by atoms with van der Waals surface area (Å²) in [6.07, 6.45) is -14.3. The van der Waals surface area contributed by atoms with Crippen LogP contribution in [0.5, 0.6) is 5.75 Å². The quantitative estimate of drug-likeness (QED) is 0.114. The maximum Gasteiger partial charge on any atom is 0.416 e. The van der Waals surface area contributed by atoms with Crippen LogP contribution in [0.3, 0.4) is 0 Å². The Hall–Kier alpha value is -4.61. The Kier molecular flexibility index (Phi) is 11.9. The van der Waals surface area contributed by atoms with Crippen LogP contribution in [0.1, 0.15) is 66.2 Å². The van der Waals surface area contributed by atoms with Crippen LogP contribution >= 0.6 is 0 Å². The van der Waals surface area contributed by atoms with Crippen LogP contribution in [0.2, 0.25) is 0 Å². The maximum absolute atomic E-state index is 13.8. The number of aromatic nitrogens is 2. The first-order valence-electron chi connectivity index (χ1n) is 15.2. The highest BCUT2D eigenvalue weighted by Crippen LogP contribution is 2.43. The summed E-state index contributed by atoms with van der Waals surface area (Å²) in [5.41, 5.74) is -4.51. The number of ether oxygens (including phenoxy) is 3. The lowest BCUT2D eigenvalue weighted by Gasteiger charge is -2.40. The van der Waals surface area contributed by atoms with Gasteiger partial charge in [-0.05, 0) is 67.3 Å². The van der Waals surface area contributed by atoms with Gasteiger partial charge >= 0.3 is 24.6 Å². The zero-order chi connectivity index (χ0) is 36.9. The molecule has 9 nitrogen and oxygen atoms in total. The lowest BCUT2D eigenvalue weighted by Crippen LogP contribution is -2.46. The molecule has 50 heavy (non-hydrogen) atoms. The molecule has 0 saturated carbocycles. The highest BCUT2D eigenvalue weighted by Gasteiger charge is 2.40.